The second kappa shape index (κ2) is 5.23. The first-order valence-electron chi connectivity index (χ1n) is 4.16. The van der Waals surface area contributed by atoms with Crippen molar-refractivity contribution < 1.29 is 4.79 Å². The largest absolute Gasteiger partial charge is 0.295 e. The van der Waals surface area contributed by atoms with Gasteiger partial charge >= 0.3 is 0 Å². The Morgan fingerprint density at radius 3 is 2.43 bits per heavy atom. The van der Waals surface area contributed by atoms with Gasteiger partial charge in [0.2, 0.25) is 0 Å². The predicted octanol–water partition coefficient (Wildman–Crippen LogP) is 3.73. The molecule has 0 N–H and O–H groups in total. The van der Waals surface area contributed by atoms with E-state index in [1.807, 2.05) is 24.3 Å². The zero-order chi connectivity index (χ0) is 10.6. The number of thioether (sulfide) groups is 1. The molecule has 0 bridgehead atoms. The molecule has 0 aliphatic heterocycles. The molecule has 0 unspecified atom stereocenters. The Labute approximate surface area is 93.2 Å². The molecular weight excluding hydrogens is 216 g/mol. The van der Waals surface area contributed by atoms with Crippen LogP contribution in [-0.4, -0.2) is 11.5 Å². The molecule has 0 radical (unpaired) electrons. The van der Waals surface area contributed by atoms with Gasteiger partial charge in [-0.15, -0.1) is 11.8 Å². The summed E-state index contributed by atoms with van der Waals surface area (Å²) >= 11 is 7.25. The summed E-state index contributed by atoms with van der Waals surface area (Å²) in [4.78, 5) is 12.1. The van der Waals surface area contributed by atoms with Crippen molar-refractivity contribution in [2.45, 2.75) is 11.8 Å². The van der Waals surface area contributed by atoms with E-state index in [9.17, 15) is 4.79 Å². The number of hydrogen-bond donors (Lipinski definition) is 0. The topological polar surface area (TPSA) is 17.1 Å². The molecule has 0 amide bonds. The summed E-state index contributed by atoms with van der Waals surface area (Å²) in [5, 5.41) is 0.630. The quantitative estimate of drug-likeness (QED) is 0.575. The third kappa shape index (κ3) is 3.56. The zero-order valence-corrected chi connectivity index (χ0v) is 9.49. The molecule has 1 aromatic rings. The Hall–Kier alpha value is -0.730. The molecule has 0 aliphatic carbocycles. The lowest BCUT2D eigenvalue weighted by molar-refractivity contribution is 0.101. The first kappa shape index (κ1) is 11.3. The van der Waals surface area contributed by atoms with Crippen LogP contribution in [0, 0.1) is 0 Å². The van der Waals surface area contributed by atoms with Crippen molar-refractivity contribution in [3.8, 4) is 0 Å². The van der Waals surface area contributed by atoms with Crippen molar-refractivity contribution in [1.29, 1.82) is 0 Å². The summed E-state index contributed by atoms with van der Waals surface area (Å²) < 4.78 is 0. The molecule has 0 saturated heterocycles. The van der Waals surface area contributed by atoms with Gasteiger partial charge in [0.15, 0.2) is 5.78 Å². The van der Waals surface area contributed by atoms with Gasteiger partial charge in [-0.3, -0.25) is 4.79 Å². The fraction of sp³-hybridized carbons (Fsp3) is 0.182. The average Bonchev–Trinajstić information content (AvgIpc) is 2.15. The third-order valence-corrected chi connectivity index (χ3v) is 3.05. The number of hydrogen-bond acceptors (Lipinski definition) is 2. The minimum atomic E-state index is 0.0864. The number of ketones is 1. The molecule has 0 heterocycles. The minimum Gasteiger partial charge on any atom is -0.295 e. The monoisotopic (exact) mass is 226 g/mol. The van der Waals surface area contributed by atoms with E-state index < -0.39 is 0 Å². The Morgan fingerprint density at radius 2 is 2.00 bits per heavy atom. The van der Waals surface area contributed by atoms with Crippen LogP contribution >= 0.6 is 23.4 Å². The molecule has 0 atom stereocenters. The number of Topliss-reactive ketones (excluding diaryl/α,β-unsaturated/α-hetero) is 1. The molecule has 0 saturated carbocycles. The van der Waals surface area contributed by atoms with Gasteiger partial charge in [0.25, 0.3) is 0 Å². The SMILES string of the molecule is C=C(Cl)CSc1ccc(C(C)=O)cc1. The molecule has 1 nitrogen and oxygen atoms in total. The molecule has 3 heteroatoms. The lowest BCUT2D eigenvalue weighted by Crippen LogP contribution is -1.90. The Balaban J connectivity index is 2.64. The molecule has 0 aromatic heterocycles. The van der Waals surface area contributed by atoms with Crippen molar-refractivity contribution >= 4 is 29.1 Å². The number of benzene rings is 1. The predicted molar refractivity (Wildman–Crippen MR) is 62.2 cm³/mol. The van der Waals surface area contributed by atoms with E-state index in [0.717, 1.165) is 10.5 Å². The standard InChI is InChI=1S/C11H11ClOS/c1-8(12)7-14-11-5-3-10(4-6-11)9(2)13/h3-6H,1,7H2,2H3. The van der Waals surface area contributed by atoms with Gasteiger partial charge in [0.1, 0.15) is 0 Å². The highest BCUT2D eigenvalue weighted by molar-refractivity contribution is 7.99. The van der Waals surface area contributed by atoms with E-state index >= 15 is 0 Å². The molecule has 0 spiro atoms. The van der Waals surface area contributed by atoms with Gasteiger partial charge in [-0.25, -0.2) is 0 Å². The summed E-state index contributed by atoms with van der Waals surface area (Å²) in [6, 6.07) is 7.48. The molecular formula is C11H11ClOS. The van der Waals surface area contributed by atoms with Crippen molar-refractivity contribution in [3.05, 3.63) is 41.4 Å². The van der Waals surface area contributed by atoms with Crippen LogP contribution in [0.4, 0.5) is 0 Å². The lowest BCUT2D eigenvalue weighted by atomic mass is 10.2. The fourth-order valence-corrected chi connectivity index (χ4v) is 1.76. The van der Waals surface area contributed by atoms with Gasteiger partial charge in [0, 0.05) is 21.2 Å². The zero-order valence-electron chi connectivity index (χ0n) is 7.92. The average molecular weight is 227 g/mol. The van der Waals surface area contributed by atoms with Crippen LogP contribution in [0.3, 0.4) is 0 Å². The highest BCUT2D eigenvalue weighted by Gasteiger charge is 1.99. The first-order valence-corrected chi connectivity index (χ1v) is 5.53. The molecule has 0 fully saturated rings. The second-order valence-corrected chi connectivity index (χ2v) is 4.47. The van der Waals surface area contributed by atoms with Gasteiger partial charge in [-0.1, -0.05) is 30.3 Å². The highest BCUT2D eigenvalue weighted by atomic mass is 35.5. The van der Waals surface area contributed by atoms with Crippen LogP contribution in [0.5, 0.6) is 0 Å². The number of carbonyl (C=O) groups is 1. The Morgan fingerprint density at radius 1 is 1.43 bits per heavy atom. The van der Waals surface area contributed by atoms with Crippen LogP contribution in [0.25, 0.3) is 0 Å². The molecule has 1 rings (SSSR count). The van der Waals surface area contributed by atoms with Crippen molar-refractivity contribution in [1.82, 2.24) is 0 Å². The van der Waals surface area contributed by atoms with Crippen molar-refractivity contribution in [2.75, 3.05) is 5.75 Å². The van der Waals surface area contributed by atoms with E-state index in [2.05, 4.69) is 6.58 Å². The van der Waals surface area contributed by atoms with E-state index in [4.69, 9.17) is 11.6 Å². The Kier molecular flexibility index (Phi) is 4.23. The Bertz CT molecular complexity index is 343. The molecule has 1 aromatic carbocycles. The first-order chi connectivity index (χ1) is 6.59. The van der Waals surface area contributed by atoms with Crippen LogP contribution in [-0.2, 0) is 0 Å². The molecule has 14 heavy (non-hydrogen) atoms. The number of rotatable bonds is 4. The maximum absolute atomic E-state index is 11.0. The molecule has 0 aliphatic rings. The van der Waals surface area contributed by atoms with E-state index in [-0.39, 0.29) is 5.78 Å². The fourth-order valence-electron chi connectivity index (χ4n) is 0.948. The second-order valence-electron chi connectivity index (χ2n) is 2.89. The summed E-state index contributed by atoms with van der Waals surface area (Å²) in [5.74, 6) is 0.782. The normalized spacial score (nSPS) is 9.86. The maximum atomic E-state index is 11.0. The van der Waals surface area contributed by atoms with Gasteiger partial charge in [-0.2, -0.15) is 0 Å². The summed E-state index contributed by atoms with van der Waals surface area (Å²) in [7, 11) is 0. The third-order valence-electron chi connectivity index (χ3n) is 1.66. The lowest BCUT2D eigenvalue weighted by Gasteiger charge is -2.00. The van der Waals surface area contributed by atoms with Crippen molar-refractivity contribution in [2.24, 2.45) is 0 Å². The summed E-state index contributed by atoms with van der Waals surface area (Å²) in [6.07, 6.45) is 0. The summed E-state index contributed by atoms with van der Waals surface area (Å²) in [5.41, 5.74) is 0.735. The van der Waals surface area contributed by atoms with E-state index in [0.29, 0.717) is 10.8 Å². The van der Waals surface area contributed by atoms with Crippen LogP contribution in [0.15, 0.2) is 40.8 Å². The van der Waals surface area contributed by atoms with Crippen molar-refractivity contribution in [3.63, 3.8) is 0 Å². The van der Waals surface area contributed by atoms with Gasteiger partial charge in [0.05, 0.1) is 0 Å². The maximum Gasteiger partial charge on any atom is 0.159 e. The van der Waals surface area contributed by atoms with Crippen LogP contribution in [0.2, 0.25) is 0 Å². The number of carbonyl (C=O) groups excluding carboxylic acids is 1. The summed E-state index contributed by atoms with van der Waals surface area (Å²) in [6.45, 7) is 5.16. The van der Waals surface area contributed by atoms with Crippen LogP contribution < -0.4 is 0 Å². The van der Waals surface area contributed by atoms with E-state index in [1.165, 1.54) is 0 Å². The van der Waals surface area contributed by atoms with Gasteiger partial charge in [-0.05, 0) is 19.1 Å². The van der Waals surface area contributed by atoms with Gasteiger partial charge < -0.3 is 0 Å². The van der Waals surface area contributed by atoms with E-state index in [1.54, 1.807) is 18.7 Å². The molecule has 74 valence electrons. The highest BCUT2D eigenvalue weighted by Crippen LogP contribution is 2.21. The number of halogens is 1. The minimum absolute atomic E-state index is 0.0864. The smallest absolute Gasteiger partial charge is 0.159 e. The van der Waals surface area contributed by atoms with Crippen LogP contribution in [0.1, 0.15) is 17.3 Å².